The Bertz CT molecular complexity index is 479. The van der Waals surface area contributed by atoms with Crippen molar-refractivity contribution in [1.29, 1.82) is 0 Å². The highest BCUT2D eigenvalue weighted by Crippen LogP contribution is 2.23. The van der Waals surface area contributed by atoms with Gasteiger partial charge in [-0.1, -0.05) is 0 Å². The molecular formula is C12H14N4S. The van der Waals surface area contributed by atoms with E-state index in [4.69, 9.17) is 5.73 Å². The summed E-state index contributed by atoms with van der Waals surface area (Å²) < 4.78 is 0. The second-order valence-electron chi connectivity index (χ2n) is 3.85. The molecule has 0 aliphatic heterocycles. The van der Waals surface area contributed by atoms with Gasteiger partial charge in [-0.15, -0.1) is 0 Å². The van der Waals surface area contributed by atoms with Crippen molar-refractivity contribution in [3.05, 3.63) is 42.0 Å². The minimum absolute atomic E-state index is 0.0373. The first-order valence-corrected chi connectivity index (χ1v) is 6.15. The molecule has 2 heterocycles. The first-order valence-electron chi connectivity index (χ1n) is 5.33. The third kappa shape index (κ3) is 3.25. The third-order valence-corrected chi connectivity index (χ3v) is 3.06. The Kier molecular flexibility index (Phi) is 3.71. The van der Waals surface area contributed by atoms with Crippen LogP contribution < -0.4 is 5.73 Å². The molecule has 2 N–H and O–H groups in total. The van der Waals surface area contributed by atoms with Crippen molar-refractivity contribution in [3.8, 4) is 0 Å². The maximum atomic E-state index is 5.74. The molecule has 0 aliphatic carbocycles. The van der Waals surface area contributed by atoms with E-state index in [2.05, 4.69) is 15.0 Å². The quantitative estimate of drug-likeness (QED) is 0.842. The van der Waals surface area contributed by atoms with Crippen LogP contribution >= 0.6 is 11.8 Å². The lowest BCUT2D eigenvalue weighted by atomic mass is 10.2. The van der Waals surface area contributed by atoms with E-state index in [1.165, 1.54) is 11.8 Å². The first-order chi connectivity index (χ1) is 8.15. The first kappa shape index (κ1) is 12.0. The summed E-state index contributed by atoms with van der Waals surface area (Å²) >= 11 is 1.49. The number of aromatic nitrogens is 3. The predicted molar refractivity (Wildman–Crippen MR) is 67.7 cm³/mol. The van der Waals surface area contributed by atoms with Gasteiger partial charge in [0.05, 0.1) is 5.69 Å². The van der Waals surface area contributed by atoms with Gasteiger partial charge in [-0.05, 0) is 43.3 Å². The van der Waals surface area contributed by atoms with E-state index in [9.17, 15) is 0 Å². The van der Waals surface area contributed by atoms with Gasteiger partial charge >= 0.3 is 0 Å². The van der Waals surface area contributed by atoms with Gasteiger partial charge < -0.3 is 5.73 Å². The van der Waals surface area contributed by atoms with Gasteiger partial charge in [0.2, 0.25) is 0 Å². The zero-order valence-corrected chi connectivity index (χ0v) is 10.6. The lowest BCUT2D eigenvalue weighted by molar-refractivity contribution is 0.777. The Labute approximate surface area is 105 Å². The molecule has 1 atom stereocenters. The van der Waals surface area contributed by atoms with Crippen LogP contribution in [0.15, 0.2) is 40.8 Å². The van der Waals surface area contributed by atoms with Crippen LogP contribution in [0.1, 0.15) is 24.2 Å². The molecule has 0 aliphatic rings. The fourth-order valence-electron chi connectivity index (χ4n) is 1.26. The molecule has 0 unspecified atom stereocenters. The highest BCUT2D eigenvalue weighted by molar-refractivity contribution is 7.99. The molecule has 2 aromatic rings. The van der Waals surface area contributed by atoms with Crippen molar-refractivity contribution in [2.24, 2.45) is 5.73 Å². The lowest BCUT2D eigenvalue weighted by Crippen LogP contribution is -2.06. The van der Waals surface area contributed by atoms with Crippen molar-refractivity contribution in [3.63, 3.8) is 0 Å². The standard InChI is InChI=1S/C12H14N4S/c1-8-5-15-12(16-6-8)17-10-3-4-11(9(2)13)14-7-10/h3-7,9H,13H2,1-2H3/t9-/m0/s1. The van der Waals surface area contributed by atoms with E-state index < -0.39 is 0 Å². The van der Waals surface area contributed by atoms with Crippen molar-refractivity contribution < 1.29 is 0 Å². The molecule has 4 nitrogen and oxygen atoms in total. The number of nitrogens with two attached hydrogens (primary N) is 1. The van der Waals surface area contributed by atoms with Gasteiger partial charge in [-0.3, -0.25) is 4.98 Å². The summed E-state index contributed by atoms with van der Waals surface area (Å²) in [6.07, 6.45) is 5.41. The Hall–Kier alpha value is -1.46. The molecule has 0 radical (unpaired) electrons. The molecule has 0 aromatic carbocycles. The van der Waals surface area contributed by atoms with Crippen molar-refractivity contribution in [2.75, 3.05) is 0 Å². The molecule has 17 heavy (non-hydrogen) atoms. The monoisotopic (exact) mass is 246 g/mol. The molecule has 2 aromatic heterocycles. The number of hydrogen-bond donors (Lipinski definition) is 1. The van der Waals surface area contributed by atoms with Gasteiger partial charge in [0, 0.05) is 29.5 Å². The Morgan fingerprint density at radius 1 is 1.12 bits per heavy atom. The number of rotatable bonds is 3. The number of aryl methyl sites for hydroxylation is 1. The van der Waals surface area contributed by atoms with Crippen LogP contribution in [0.2, 0.25) is 0 Å². The Morgan fingerprint density at radius 2 is 1.82 bits per heavy atom. The van der Waals surface area contributed by atoms with Gasteiger partial charge in [0.15, 0.2) is 5.16 Å². The van der Waals surface area contributed by atoms with Gasteiger partial charge in [-0.2, -0.15) is 0 Å². The topological polar surface area (TPSA) is 64.7 Å². The average molecular weight is 246 g/mol. The molecule has 0 saturated carbocycles. The SMILES string of the molecule is Cc1cnc(Sc2ccc([C@H](C)N)nc2)nc1. The molecule has 0 bridgehead atoms. The maximum absolute atomic E-state index is 5.74. The number of nitrogens with zero attached hydrogens (tertiary/aromatic N) is 3. The molecule has 2 rings (SSSR count). The molecule has 0 fully saturated rings. The van der Waals surface area contributed by atoms with Crippen LogP contribution in [0.25, 0.3) is 0 Å². The molecular weight excluding hydrogens is 232 g/mol. The van der Waals surface area contributed by atoms with E-state index in [0.717, 1.165) is 21.3 Å². The number of hydrogen-bond acceptors (Lipinski definition) is 5. The van der Waals surface area contributed by atoms with Crippen molar-refractivity contribution >= 4 is 11.8 Å². The van der Waals surface area contributed by atoms with Crippen LogP contribution in [0.3, 0.4) is 0 Å². The summed E-state index contributed by atoms with van der Waals surface area (Å²) in [4.78, 5) is 13.8. The van der Waals surface area contributed by atoms with Gasteiger partial charge in [-0.25, -0.2) is 9.97 Å². The maximum Gasteiger partial charge on any atom is 0.192 e. The van der Waals surface area contributed by atoms with Crippen LogP contribution in [-0.4, -0.2) is 15.0 Å². The third-order valence-electron chi connectivity index (χ3n) is 2.19. The van der Waals surface area contributed by atoms with Crippen molar-refractivity contribution in [1.82, 2.24) is 15.0 Å². The molecule has 88 valence electrons. The van der Waals surface area contributed by atoms with Crippen LogP contribution in [-0.2, 0) is 0 Å². The summed E-state index contributed by atoms with van der Waals surface area (Å²) in [5.74, 6) is 0. The fourth-order valence-corrected chi connectivity index (χ4v) is 1.92. The molecule has 5 heteroatoms. The van der Waals surface area contributed by atoms with E-state index in [1.54, 1.807) is 18.6 Å². The summed E-state index contributed by atoms with van der Waals surface area (Å²) in [5.41, 5.74) is 7.68. The van der Waals surface area contributed by atoms with Crippen LogP contribution in [0, 0.1) is 6.92 Å². The van der Waals surface area contributed by atoms with Gasteiger partial charge in [0.25, 0.3) is 0 Å². The second kappa shape index (κ2) is 5.25. The van der Waals surface area contributed by atoms with E-state index in [1.807, 2.05) is 26.0 Å². The minimum atomic E-state index is -0.0373. The zero-order valence-electron chi connectivity index (χ0n) is 9.79. The summed E-state index contributed by atoms with van der Waals surface area (Å²) in [6, 6.07) is 3.88. The van der Waals surface area contributed by atoms with E-state index in [0.29, 0.717) is 0 Å². The minimum Gasteiger partial charge on any atom is -0.323 e. The Morgan fingerprint density at radius 3 is 2.35 bits per heavy atom. The molecule has 0 saturated heterocycles. The smallest absolute Gasteiger partial charge is 0.192 e. The summed E-state index contributed by atoms with van der Waals surface area (Å²) in [5, 5.41) is 0.728. The summed E-state index contributed by atoms with van der Waals surface area (Å²) in [6.45, 7) is 3.88. The van der Waals surface area contributed by atoms with Gasteiger partial charge in [0.1, 0.15) is 0 Å². The molecule has 0 amide bonds. The second-order valence-corrected chi connectivity index (χ2v) is 4.89. The predicted octanol–water partition coefficient (Wildman–Crippen LogP) is 2.35. The number of pyridine rings is 1. The zero-order chi connectivity index (χ0) is 12.3. The van der Waals surface area contributed by atoms with Crippen LogP contribution in [0.4, 0.5) is 0 Å². The molecule has 0 spiro atoms. The van der Waals surface area contributed by atoms with E-state index >= 15 is 0 Å². The highest BCUT2D eigenvalue weighted by atomic mass is 32.2. The normalized spacial score (nSPS) is 12.4. The lowest BCUT2D eigenvalue weighted by Gasteiger charge is -2.05. The average Bonchev–Trinajstić information content (AvgIpc) is 2.33. The Balaban J connectivity index is 2.11. The summed E-state index contributed by atoms with van der Waals surface area (Å²) in [7, 11) is 0. The largest absolute Gasteiger partial charge is 0.323 e. The highest BCUT2D eigenvalue weighted by Gasteiger charge is 2.03. The fraction of sp³-hybridized carbons (Fsp3) is 0.250. The van der Waals surface area contributed by atoms with Crippen LogP contribution in [0.5, 0.6) is 0 Å². The van der Waals surface area contributed by atoms with E-state index in [-0.39, 0.29) is 6.04 Å². The van der Waals surface area contributed by atoms with Crippen molar-refractivity contribution in [2.45, 2.75) is 29.9 Å².